The topological polar surface area (TPSA) is 97.2 Å². The first kappa shape index (κ1) is 22.2. The Morgan fingerprint density at radius 2 is 1.72 bits per heavy atom. The molecule has 9 heteroatoms. The summed E-state index contributed by atoms with van der Waals surface area (Å²) in [4.78, 5) is 21.4. The molecule has 0 aliphatic carbocycles. The van der Waals surface area contributed by atoms with Crippen LogP contribution in [0.15, 0.2) is 59.9 Å². The molecule has 8 nitrogen and oxygen atoms in total. The second-order valence-electron chi connectivity index (χ2n) is 7.89. The first-order chi connectivity index (χ1) is 15.4. The SMILES string of the molecule is Cc1nccn1-c1cc(CNC(=O)c2ccc(S(=O)(=O)N3CCCCCC3)cc2)ccn1. The van der Waals surface area contributed by atoms with Crippen molar-refractivity contribution >= 4 is 15.9 Å². The van der Waals surface area contributed by atoms with Crippen molar-refractivity contribution in [2.24, 2.45) is 0 Å². The predicted octanol–water partition coefficient (Wildman–Crippen LogP) is 3.07. The van der Waals surface area contributed by atoms with E-state index in [0.29, 0.717) is 25.2 Å². The number of amides is 1. The summed E-state index contributed by atoms with van der Waals surface area (Å²) in [6, 6.07) is 9.89. The first-order valence-corrected chi connectivity index (χ1v) is 12.2. The van der Waals surface area contributed by atoms with Crippen LogP contribution in [0.4, 0.5) is 0 Å². The maximum Gasteiger partial charge on any atom is 0.251 e. The van der Waals surface area contributed by atoms with Crippen LogP contribution in [0.25, 0.3) is 5.82 Å². The van der Waals surface area contributed by atoms with Gasteiger partial charge >= 0.3 is 0 Å². The van der Waals surface area contributed by atoms with E-state index in [1.807, 2.05) is 29.8 Å². The van der Waals surface area contributed by atoms with Crippen molar-refractivity contribution in [3.05, 3.63) is 71.9 Å². The predicted molar refractivity (Wildman–Crippen MR) is 121 cm³/mol. The minimum atomic E-state index is -3.53. The van der Waals surface area contributed by atoms with Gasteiger partial charge in [0.2, 0.25) is 10.0 Å². The molecule has 0 atom stereocenters. The van der Waals surface area contributed by atoms with E-state index in [-0.39, 0.29) is 10.8 Å². The molecule has 1 aliphatic rings. The molecule has 4 rings (SSSR count). The first-order valence-electron chi connectivity index (χ1n) is 10.8. The fraction of sp³-hybridized carbons (Fsp3) is 0.348. The number of sulfonamides is 1. The summed E-state index contributed by atoms with van der Waals surface area (Å²) in [5, 5.41) is 2.88. The number of carbonyl (C=O) groups is 1. The number of pyridine rings is 1. The Kier molecular flexibility index (Phi) is 6.66. The number of hydrogen-bond donors (Lipinski definition) is 1. The highest BCUT2D eigenvalue weighted by Crippen LogP contribution is 2.20. The Bertz CT molecular complexity index is 1180. The number of nitrogens with one attached hydrogen (secondary N) is 1. The average molecular weight is 454 g/mol. The van der Waals surface area contributed by atoms with Crippen LogP contribution < -0.4 is 5.32 Å². The number of nitrogens with zero attached hydrogens (tertiary/aromatic N) is 4. The Morgan fingerprint density at radius 1 is 1.00 bits per heavy atom. The Balaban J connectivity index is 1.41. The molecular weight excluding hydrogens is 426 g/mol. The fourth-order valence-corrected chi connectivity index (χ4v) is 5.33. The van der Waals surface area contributed by atoms with Gasteiger partial charge in [-0.05, 0) is 61.7 Å². The van der Waals surface area contributed by atoms with Crippen LogP contribution in [0.3, 0.4) is 0 Å². The zero-order chi connectivity index (χ0) is 22.6. The third kappa shape index (κ3) is 4.89. The highest BCUT2D eigenvalue weighted by atomic mass is 32.2. The van der Waals surface area contributed by atoms with E-state index in [2.05, 4.69) is 15.3 Å². The van der Waals surface area contributed by atoms with Gasteiger partial charge in [-0.25, -0.2) is 18.4 Å². The average Bonchev–Trinajstić information content (AvgIpc) is 3.05. The molecule has 1 saturated heterocycles. The summed E-state index contributed by atoms with van der Waals surface area (Å²) in [7, 11) is -3.53. The summed E-state index contributed by atoms with van der Waals surface area (Å²) < 4.78 is 29.2. The number of imidazole rings is 1. The molecule has 0 bridgehead atoms. The molecule has 3 aromatic rings. The third-order valence-corrected chi connectivity index (χ3v) is 7.57. The Morgan fingerprint density at radius 3 is 2.38 bits per heavy atom. The van der Waals surface area contributed by atoms with Gasteiger partial charge in [0.1, 0.15) is 11.6 Å². The van der Waals surface area contributed by atoms with Crippen molar-refractivity contribution in [1.82, 2.24) is 24.2 Å². The van der Waals surface area contributed by atoms with Gasteiger partial charge < -0.3 is 5.32 Å². The van der Waals surface area contributed by atoms with Crippen LogP contribution in [-0.2, 0) is 16.6 Å². The van der Waals surface area contributed by atoms with Crippen molar-refractivity contribution < 1.29 is 13.2 Å². The zero-order valence-corrected chi connectivity index (χ0v) is 18.9. The molecule has 0 radical (unpaired) electrons. The highest BCUT2D eigenvalue weighted by molar-refractivity contribution is 7.89. The molecule has 168 valence electrons. The molecule has 0 spiro atoms. The number of benzene rings is 1. The maximum absolute atomic E-state index is 12.9. The lowest BCUT2D eigenvalue weighted by atomic mass is 10.2. The molecule has 32 heavy (non-hydrogen) atoms. The molecular formula is C23H27N5O3S. The van der Waals surface area contributed by atoms with Crippen LogP contribution in [0.1, 0.15) is 47.4 Å². The van der Waals surface area contributed by atoms with Crippen LogP contribution in [0.2, 0.25) is 0 Å². The fourth-order valence-electron chi connectivity index (χ4n) is 3.82. The lowest BCUT2D eigenvalue weighted by molar-refractivity contribution is 0.0950. The lowest BCUT2D eigenvalue weighted by Gasteiger charge is -2.20. The zero-order valence-electron chi connectivity index (χ0n) is 18.1. The Hall–Kier alpha value is -3.04. The van der Waals surface area contributed by atoms with E-state index in [0.717, 1.165) is 42.9 Å². The van der Waals surface area contributed by atoms with Crippen LogP contribution in [-0.4, -0.2) is 46.3 Å². The van der Waals surface area contributed by atoms with Gasteiger partial charge in [-0.1, -0.05) is 12.8 Å². The van der Waals surface area contributed by atoms with Gasteiger partial charge in [-0.15, -0.1) is 0 Å². The Labute approximate surface area is 188 Å². The van der Waals surface area contributed by atoms with E-state index in [9.17, 15) is 13.2 Å². The number of aromatic nitrogens is 3. The molecule has 1 N–H and O–H groups in total. The molecule has 1 fully saturated rings. The normalized spacial score (nSPS) is 15.3. The molecule has 1 amide bonds. The molecule has 1 aliphatic heterocycles. The summed E-state index contributed by atoms with van der Waals surface area (Å²) in [5.74, 6) is 1.30. The van der Waals surface area contributed by atoms with Crippen LogP contribution >= 0.6 is 0 Å². The van der Waals surface area contributed by atoms with E-state index in [4.69, 9.17) is 0 Å². The highest BCUT2D eigenvalue weighted by Gasteiger charge is 2.25. The van der Waals surface area contributed by atoms with E-state index < -0.39 is 10.0 Å². The number of carbonyl (C=O) groups excluding carboxylic acids is 1. The largest absolute Gasteiger partial charge is 0.348 e. The second kappa shape index (κ2) is 9.62. The number of hydrogen-bond acceptors (Lipinski definition) is 5. The van der Waals surface area contributed by atoms with Gasteiger partial charge in [-0.3, -0.25) is 9.36 Å². The molecule has 2 aromatic heterocycles. The summed E-state index contributed by atoms with van der Waals surface area (Å²) >= 11 is 0. The second-order valence-corrected chi connectivity index (χ2v) is 9.83. The number of rotatable bonds is 6. The lowest BCUT2D eigenvalue weighted by Crippen LogP contribution is -2.32. The van der Waals surface area contributed by atoms with Crippen LogP contribution in [0.5, 0.6) is 0 Å². The van der Waals surface area contributed by atoms with Crippen molar-refractivity contribution in [2.75, 3.05) is 13.1 Å². The third-order valence-electron chi connectivity index (χ3n) is 5.65. The quantitative estimate of drug-likeness (QED) is 0.619. The smallest absolute Gasteiger partial charge is 0.251 e. The van der Waals surface area contributed by atoms with E-state index in [1.165, 1.54) is 12.1 Å². The van der Waals surface area contributed by atoms with E-state index in [1.54, 1.807) is 28.8 Å². The van der Waals surface area contributed by atoms with Gasteiger partial charge in [-0.2, -0.15) is 4.31 Å². The minimum absolute atomic E-state index is 0.227. The van der Waals surface area contributed by atoms with E-state index >= 15 is 0 Å². The summed E-state index contributed by atoms with van der Waals surface area (Å²) in [6.07, 6.45) is 9.13. The molecule has 1 aromatic carbocycles. The minimum Gasteiger partial charge on any atom is -0.348 e. The van der Waals surface area contributed by atoms with Crippen LogP contribution in [0, 0.1) is 6.92 Å². The molecule has 0 unspecified atom stereocenters. The summed E-state index contributed by atoms with van der Waals surface area (Å²) in [5.41, 5.74) is 1.32. The maximum atomic E-state index is 12.9. The van der Waals surface area contributed by atoms with Gasteiger partial charge in [0.25, 0.3) is 5.91 Å². The van der Waals surface area contributed by atoms with Gasteiger partial charge in [0.05, 0.1) is 4.90 Å². The van der Waals surface area contributed by atoms with Gasteiger partial charge in [0, 0.05) is 43.8 Å². The standard InChI is InChI=1S/C23H27N5O3S/c1-18-24-12-15-28(18)22-16-19(10-11-25-22)17-26-23(29)20-6-8-21(9-7-20)32(30,31)27-13-4-2-3-5-14-27/h6-12,15-16H,2-5,13-14,17H2,1H3,(H,26,29). The van der Waals surface area contributed by atoms with Crippen molar-refractivity contribution in [3.63, 3.8) is 0 Å². The summed E-state index contributed by atoms with van der Waals surface area (Å²) in [6.45, 7) is 3.33. The van der Waals surface area contributed by atoms with Crippen molar-refractivity contribution in [2.45, 2.75) is 44.0 Å². The van der Waals surface area contributed by atoms with Crippen molar-refractivity contribution in [1.29, 1.82) is 0 Å². The monoisotopic (exact) mass is 453 g/mol. The van der Waals surface area contributed by atoms with Crippen molar-refractivity contribution in [3.8, 4) is 5.82 Å². The molecule has 0 saturated carbocycles. The number of aryl methyl sites for hydroxylation is 1. The van der Waals surface area contributed by atoms with Gasteiger partial charge in [0.15, 0.2) is 0 Å². The molecule has 3 heterocycles.